The van der Waals surface area contributed by atoms with Crippen molar-refractivity contribution in [2.24, 2.45) is 0 Å². The number of pyridine rings is 1. The molecule has 0 amide bonds. The van der Waals surface area contributed by atoms with Crippen molar-refractivity contribution in [3.63, 3.8) is 0 Å². The van der Waals surface area contributed by atoms with E-state index in [1.165, 1.54) is 6.20 Å². The molecule has 2 rings (SSSR count). The van der Waals surface area contributed by atoms with E-state index in [2.05, 4.69) is 19.7 Å². The van der Waals surface area contributed by atoms with Crippen LogP contribution in [0.4, 0.5) is 5.82 Å². The van der Waals surface area contributed by atoms with E-state index in [4.69, 9.17) is 0 Å². The van der Waals surface area contributed by atoms with Crippen LogP contribution >= 0.6 is 0 Å². The van der Waals surface area contributed by atoms with Crippen LogP contribution in [0.1, 0.15) is 11.4 Å². The van der Waals surface area contributed by atoms with Crippen molar-refractivity contribution in [3.05, 3.63) is 35.9 Å². The van der Waals surface area contributed by atoms with Gasteiger partial charge < -0.3 is 4.98 Å². The van der Waals surface area contributed by atoms with Crippen molar-refractivity contribution >= 4 is 15.8 Å². The maximum atomic E-state index is 11.9. The van der Waals surface area contributed by atoms with Crippen molar-refractivity contribution in [2.75, 3.05) is 4.72 Å². The van der Waals surface area contributed by atoms with Crippen LogP contribution in [-0.4, -0.2) is 23.4 Å². The third-order valence-corrected chi connectivity index (χ3v) is 3.39. The molecule has 0 saturated heterocycles. The van der Waals surface area contributed by atoms with Crippen molar-refractivity contribution < 1.29 is 8.42 Å². The smallest absolute Gasteiger partial charge is 0.280 e. The van der Waals surface area contributed by atoms with Gasteiger partial charge >= 0.3 is 0 Å². The predicted molar refractivity (Wildman–Crippen MR) is 63.1 cm³/mol. The molecule has 2 aromatic heterocycles. The van der Waals surface area contributed by atoms with Gasteiger partial charge in [0.2, 0.25) is 0 Å². The Balaban J connectivity index is 2.29. The Hall–Kier alpha value is -1.89. The fraction of sp³-hybridized carbons (Fsp3) is 0.200. The zero-order valence-corrected chi connectivity index (χ0v) is 10.2. The monoisotopic (exact) mass is 252 g/mol. The number of nitrogens with zero attached hydrogens (tertiary/aromatic N) is 2. The van der Waals surface area contributed by atoms with Gasteiger partial charge in [-0.1, -0.05) is 0 Å². The summed E-state index contributed by atoms with van der Waals surface area (Å²) in [6.45, 7) is 3.55. The molecule has 0 aliphatic rings. The first-order valence-electron chi connectivity index (χ1n) is 4.94. The summed E-state index contributed by atoms with van der Waals surface area (Å²) in [6.07, 6.45) is 2.82. The standard InChI is InChI=1S/C10H12N4O2S/c1-7-3-4-11-9(5-7)14-17(15,16)10-6-12-8(2)13-10/h3-6H,1-2H3,(H,11,14)(H,12,13). The quantitative estimate of drug-likeness (QED) is 0.859. The van der Waals surface area contributed by atoms with Gasteiger partial charge in [-0.05, 0) is 31.5 Å². The third-order valence-electron chi connectivity index (χ3n) is 2.12. The topological polar surface area (TPSA) is 87.7 Å². The van der Waals surface area contributed by atoms with Gasteiger partial charge in [0.1, 0.15) is 11.6 Å². The van der Waals surface area contributed by atoms with Crippen molar-refractivity contribution in [2.45, 2.75) is 18.9 Å². The number of hydrogen-bond acceptors (Lipinski definition) is 4. The second kappa shape index (κ2) is 4.17. The highest BCUT2D eigenvalue weighted by molar-refractivity contribution is 7.92. The minimum absolute atomic E-state index is 0.0262. The van der Waals surface area contributed by atoms with Gasteiger partial charge in [0.15, 0.2) is 5.03 Å². The first kappa shape index (κ1) is 11.6. The molecule has 0 fully saturated rings. The number of imidazole rings is 1. The van der Waals surface area contributed by atoms with Gasteiger partial charge in [0.05, 0.1) is 6.20 Å². The number of sulfonamides is 1. The summed E-state index contributed by atoms with van der Waals surface area (Å²) in [5.41, 5.74) is 0.929. The van der Waals surface area contributed by atoms with Crippen LogP contribution in [0, 0.1) is 13.8 Å². The summed E-state index contributed by atoms with van der Waals surface area (Å²) in [4.78, 5) is 10.4. The lowest BCUT2D eigenvalue weighted by Crippen LogP contribution is -2.14. The molecule has 0 radical (unpaired) electrons. The Bertz CT molecular complexity index is 633. The second-order valence-electron chi connectivity index (χ2n) is 3.66. The number of nitrogens with one attached hydrogen (secondary N) is 2. The van der Waals surface area contributed by atoms with Crippen LogP contribution in [0.2, 0.25) is 0 Å². The first-order chi connectivity index (χ1) is 7.97. The van der Waals surface area contributed by atoms with Gasteiger partial charge in [-0.2, -0.15) is 8.42 Å². The van der Waals surface area contributed by atoms with E-state index in [0.717, 1.165) is 5.56 Å². The molecule has 0 unspecified atom stereocenters. The van der Waals surface area contributed by atoms with Gasteiger partial charge in [-0.3, -0.25) is 4.72 Å². The van der Waals surface area contributed by atoms with Gasteiger partial charge in [-0.25, -0.2) is 9.97 Å². The lowest BCUT2D eigenvalue weighted by atomic mass is 10.3. The fourth-order valence-corrected chi connectivity index (χ4v) is 2.29. The molecule has 0 atom stereocenters. The number of hydrogen-bond donors (Lipinski definition) is 2. The Morgan fingerprint density at radius 1 is 1.29 bits per heavy atom. The highest BCUT2D eigenvalue weighted by Crippen LogP contribution is 2.12. The highest BCUT2D eigenvalue weighted by atomic mass is 32.2. The van der Waals surface area contributed by atoms with E-state index in [1.807, 2.05) is 6.92 Å². The van der Waals surface area contributed by atoms with Gasteiger partial charge in [0.25, 0.3) is 10.0 Å². The third kappa shape index (κ3) is 2.62. The first-order valence-corrected chi connectivity index (χ1v) is 6.43. The van der Waals surface area contributed by atoms with Crippen molar-refractivity contribution in [1.82, 2.24) is 15.0 Å². The fourth-order valence-electron chi connectivity index (χ4n) is 1.32. The van der Waals surface area contributed by atoms with Crippen LogP contribution in [0.5, 0.6) is 0 Å². The Kier molecular flexibility index (Phi) is 2.84. The van der Waals surface area contributed by atoms with Crippen LogP contribution in [0.3, 0.4) is 0 Å². The van der Waals surface area contributed by atoms with Crippen LogP contribution in [0.25, 0.3) is 0 Å². The normalized spacial score (nSPS) is 11.4. The molecule has 0 aliphatic heterocycles. The number of rotatable bonds is 3. The molecule has 6 nitrogen and oxygen atoms in total. The largest absolute Gasteiger partial charge is 0.332 e. The second-order valence-corrected chi connectivity index (χ2v) is 5.31. The Morgan fingerprint density at radius 2 is 2.06 bits per heavy atom. The molecule has 90 valence electrons. The van der Waals surface area contributed by atoms with E-state index in [9.17, 15) is 8.42 Å². The van der Waals surface area contributed by atoms with Crippen molar-refractivity contribution in [3.8, 4) is 0 Å². The van der Waals surface area contributed by atoms with Crippen LogP contribution in [0.15, 0.2) is 29.6 Å². The number of aryl methyl sites for hydroxylation is 2. The Labute approximate surface area is 99.2 Å². The molecule has 2 N–H and O–H groups in total. The van der Waals surface area contributed by atoms with E-state index in [1.54, 1.807) is 25.3 Å². The highest BCUT2D eigenvalue weighted by Gasteiger charge is 2.16. The van der Waals surface area contributed by atoms with E-state index >= 15 is 0 Å². The summed E-state index contributed by atoms with van der Waals surface area (Å²) in [6, 6.07) is 3.44. The minimum atomic E-state index is -3.64. The SMILES string of the molecule is Cc1ccnc(NS(=O)(=O)c2cnc(C)[nH]2)c1. The molecule has 0 bridgehead atoms. The van der Waals surface area contributed by atoms with Gasteiger partial charge in [0, 0.05) is 6.20 Å². The van der Waals surface area contributed by atoms with E-state index < -0.39 is 10.0 Å². The Morgan fingerprint density at radius 3 is 2.65 bits per heavy atom. The molecular formula is C10H12N4O2S. The average molecular weight is 252 g/mol. The molecule has 0 aromatic carbocycles. The molecular weight excluding hydrogens is 240 g/mol. The minimum Gasteiger partial charge on any atom is -0.332 e. The number of anilines is 1. The zero-order chi connectivity index (χ0) is 12.5. The maximum Gasteiger partial charge on any atom is 0.280 e. The predicted octanol–water partition coefficient (Wildman–Crippen LogP) is 1.22. The van der Waals surface area contributed by atoms with E-state index in [-0.39, 0.29) is 10.8 Å². The number of aromatic amines is 1. The number of H-pyrrole nitrogens is 1. The van der Waals surface area contributed by atoms with E-state index in [0.29, 0.717) is 5.82 Å². The number of aromatic nitrogens is 3. The molecule has 17 heavy (non-hydrogen) atoms. The van der Waals surface area contributed by atoms with Crippen LogP contribution in [-0.2, 0) is 10.0 Å². The molecule has 0 aliphatic carbocycles. The molecule has 7 heteroatoms. The summed E-state index contributed by atoms with van der Waals surface area (Å²) in [7, 11) is -3.64. The summed E-state index contributed by atoms with van der Waals surface area (Å²) >= 11 is 0. The maximum absolute atomic E-state index is 11.9. The summed E-state index contributed by atoms with van der Waals surface area (Å²) in [5.74, 6) is 0.833. The average Bonchev–Trinajstić information content (AvgIpc) is 2.65. The lowest BCUT2D eigenvalue weighted by Gasteiger charge is -2.05. The lowest BCUT2D eigenvalue weighted by molar-refractivity contribution is 0.598. The summed E-state index contributed by atoms with van der Waals surface area (Å²) < 4.78 is 26.2. The summed E-state index contributed by atoms with van der Waals surface area (Å²) in [5, 5.41) is 0.0262. The van der Waals surface area contributed by atoms with Crippen LogP contribution < -0.4 is 4.72 Å². The molecule has 2 aromatic rings. The molecule has 0 spiro atoms. The molecule has 0 saturated carbocycles. The van der Waals surface area contributed by atoms with Crippen molar-refractivity contribution in [1.29, 1.82) is 0 Å². The zero-order valence-electron chi connectivity index (χ0n) is 9.43. The molecule has 2 heterocycles. The van der Waals surface area contributed by atoms with Gasteiger partial charge in [-0.15, -0.1) is 0 Å².